The molecule has 788 valence electrons. The van der Waals surface area contributed by atoms with Crippen LogP contribution in [-0.2, 0) is 172 Å². The second-order valence-electron chi connectivity index (χ2n) is 33.7. The molecule has 13 N–H and O–H groups in total. The van der Waals surface area contributed by atoms with Crippen LogP contribution in [0.25, 0.3) is 22.3 Å². The fraction of sp³-hybridized carbons (Fsp3) is 0.583. The lowest BCUT2D eigenvalue weighted by Gasteiger charge is -2.34. The van der Waals surface area contributed by atoms with Gasteiger partial charge in [0, 0.05) is 111 Å². The maximum atomic E-state index is 14.9. The van der Waals surface area contributed by atoms with Crippen LogP contribution in [0, 0.1) is 34.6 Å². The first-order chi connectivity index (χ1) is 67.8. The van der Waals surface area contributed by atoms with Gasteiger partial charge in [-0.2, -0.15) is 4.98 Å². The molecule has 0 spiro atoms. The summed E-state index contributed by atoms with van der Waals surface area (Å²) in [6.45, 7) is -28.8. The Balaban J connectivity index is 0.603. The largest absolute Gasteiger partial charge is 0.780 e. The van der Waals surface area contributed by atoms with E-state index in [1.54, 1.807) is 11.5 Å². The summed E-state index contributed by atoms with van der Waals surface area (Å²) in [5.41, 5.74) is 11.7. The normalized spacial score (nSPS) is 29.7. The molecule has 0 amide bonds. The lowest BCUT2D eigenvalue weighted by Crippen LogP contribution is -2.34. The Bertz CT molecular complexity index is 7320. The molecule has 9 aromatic heterocycles. The second kappa shape index (κ2) is 44.4. The van der Waals surface area contributed by atoms with Crippen LogP contribution in [0.2, 0.25) is 0 Å². The smallest absolute Gasteiger partial charge is 0.386 e. The number of aromatic amines is 4. The molecule has 16 heterocycles. The number of nitrogens with one attached hydrogen (secondary N) is 4. The molecule has 7 unspecified atom stereocenters. The minimum absolute atomic E-state index is 0.00436. The molecule has 7 aliphatic rings. The molecule has 0 aromatic carbocycles. The van der Waals surface area contributed by atoms with Crippen molar-refractivity contribution in [3.05, 3.63) is 178 Å². The average Bonchev–Trinajstić information content (AvgIpc) is 1.63. The zero-order chi connectivity index (χ0) is 104. The third-order valence-electron chi connectivity index (χ3n) is 23.9. The number of anilines is 3. The predicted molar refractivity (Wildman–Crippen MR) is 517 cm³/mol. The van der Waals surface area contributed by atoms with Crippen molar-refractivity contribution in [2.45, 2.75) is 222 Å². The van der Waals surface area contributed by atoms with Crippen molar-refractivity contribution in [1.29, 1.82) is 0 Å². The quantitative estimate of drug-likeness (QED) is 0.0173. The predicted octanol–water partition coefficient (Wildman–Crippen LogP) is -0.280. The molecule has 0 saturated carbocycles. The summed E-state index contributed by atoms with van der Waals surface area (Å²) in [5.74, 6) is 0.0868. The van der Waals surface area contributed by atoms with Gasteiger partial charge in [0.25, 0.3) is 22.2 Å². The van der Waals surface area contributed by atoms with Gasteiger partial charge in [0.2, 0.25) is 0 Å². The number of nitrogens with zero attached hydrogens (tertiary/aromatic N) is 14. The van der Waals surface area contributed by atoms with E-state index in [2.05, 4.69) is 67.1 Å². The van der Waals surface area contributed by atoms with Gasteiger partial charge in [-0.1, -0.05) is 54.6 Å². The molecule has 7 aliphatic heterocycles. The summed E-state index contributed by atoms with van der Waals surface area (Å²) >= 11 is 37.1. The van der Waals surface area contributed by atoms with Crippen LogP contribution in [0.3, 0.4) is 0 Å². The molecule has 28 atom stereocenters. The number of nitrogens with two attached hydrogens (primary N) is 3. The Morgan fingerprint density at radius 2 is 0.653 bits per heavy atom. The summed E-state index contributed by atoms with van der Waals surface area (Å²) in [6, 6.07) is 0. The summed E-state index contributed by atoms with van der Waals surface area (Å²) < 4.78 is 149. The highest BCUT2D eigenvalue weighted by atomic mass is 32.7. The van der Waals surface area contributed by atoms with E-state index >= 15 is 0 Å². The fourth-order valence-electron chi connectivity index (χ4n) is 16.7. The first-order valence-corrected chi connectivity index (χ1v) is 61.4. The number of nitrogen functional groups attached to an aromatic ring is 3. The maximum absolute atomic E-state index is 14.9. The minimum atomic E-state index is -5.06. The van der Waals surface area contributed by atoms with Crippen LogP contribution in [0.5, 0.6) is 0 Å². The van der Waals surface area contributed by atoms with E-state index in [4.69, 9.17) is 185 Å². The van der Waals surface area contributed by atoms with Gasteiger partial charge >= 0.3 is 55.4 Å². The number of rotatable bonds is 41. The van der Waals surface area contributed by atoms with Crippen LogP contribution in [0.15, 0.2) is 99.4 Å². The number of imidazole rings is 2. The lowest BCUT2D eigenvalue weighted by atomic mass is 10.1. The summed E-state index contributed by atoms with van der Waals surface area (Å²) in [5, 5.41) is 0. The fourth-order valence-corrected chi connectivity index (χ4v) is 26.5. The van der Waals surface area contributed by atoms with Crippen molar-refractivity contribution >= 4 is 170 Å². The van der Waals surface area contributed by atoms with Crippen molar-refractivity contribution < 1.29 is 130 Å². The van der Waals surface area contributed by atoms with Crippen molar-refractivity contribution in [3.8, 4) is 0 Å². The molecule has 7 saturated heterocycles. The first kappa shape index (κ1) is 110. The van der Waals surface area contributed by atoms with Crippen LogP contribution in [0.1, 0.15) is 130 Å². The number of aryl methyl sites for hydroxylation is 5. The Hall–Kier alpha value is -6.50. The standard InChI is InChI=1S/C72H96N21O37P7S7/c1-8-36-37(9-55(117-36)92-29-80-57-60(74)76-27-78-62(57)92)125-132(104,139)111-26-49-43(15-56(123-49)93-30-81-58-61(75)77-28-79-63(58)93)130-137(109,144)116-25-48-42(14-54(122-48)91-20-35(6)67(97)86-72(91)102)129-136(108,143)115-24-47-41(13-53(121-47)90-19-34(5)66(96)85-71(90)101)128-135(107,142)114-23-46-40(12-52(120-46)89-18-33(4)65(95)84-70(89)100)127-134(106,141)113-22-45-39(11-51(119-45)88-17-32(3)64(94)83-69(88)99)126-133(105,140)112-21-44-38(124-131(103,138)110-7)10-50(118-44)87-16-31(2)59(73)82-68(87)98/h16-20,27-30,36-56H,8-15,21-26H2,1-7H3,(H,103,138)(H,104,139)(H,105,140)(H,106,141)(H,107,142)(H,108,143)(H,109,144)(H2,73,82,98)(H2,74,76,78)(H2,75,77,79)(H,83,94,99)(H,84,95,100)(H,85,96,101)(H,86,97,102)/p-3/t36-,37-,38-,39-,40-,41-,42-,43-,44-,45-,46-,47-,48-,49-,50-,51-,52-,53-,54-,55-,56-,131?,132?,133?,134?,135?,136?,137?/m1/s1. The monoisotopic (exact) mass is 2280 g/mol. The van der Waals surface area contributed by atoms with Crippen molar-refractivity contribution in [1.82, 2.24) is 86.8 Å². The molecule has 0 radical (unpaired) electrons. The van der Waals surface area contributed by atoms with Crippen molar-refractivity contribution in [3.63, 3.8) is 0 Å². The number of hydrogen-bond acceptors (Lipinski definition) is 50. The maximum Gasteiger partial charge on any atom is 0.386 e. The van der Waals surface area contributed by atoms with Gasteiger partial charge in [0.1, 0.15) is 136 Å². The van der Waals surface area contributed by atoms with E-state index in [-0.39, 0.29) is 70.1 Å². The third-order valence-corrected chi connectivity index (χ3v) is 35.1. The SMILES string of the molecule is CC[C@H]1O[C@@H](n2cnc3c(N)ncnc32)C[C@H]1OP([O-])(=S)OC[C@H]1O[C@@H](n2cnc3c(N)ncnc32)C[C@H]1OP(=O)(S)OC[C@H]1O[C@@H](n2cc(C)c(=O)[nH]c2=O)C[C@H]1OP(O)(=S)OC[C@H]1O[C@@H](n2cc(C)c(=O)[nH]c2=O)C[C@H]1OP([O-])(=S)OC[C@H]1O[C@@H](n2cc(C)c(=O)[nH]c2=O)C[C@H]1OP(O)(=S)OC[C@H]1O[C@@H](n2cc(C)c(=O)[nH]c2=O)C[C@H]1OP([O-])(=S)OC[C@H]1O[C@@H](n2cc(C)c(N)nc2=O)C[C@H]1OP(O)(=S)OC. The molecular formula is C72H93N21O37P7S7-3. The summed E-state index contributed by atoms with van der Waals surface area (Å²) in [7, 11) is 1.09. The highest BCUT2D eigenvalue weighted by Gasteiger charge is 2.51. The van der Waals surface area contributed by atoms with E-state index in [0.717, 1.165) is 48.5 Å². The van der Waals surface area contributed by atoms with E-state index in [1.807, 2.05) is 6.92 Å². The highest BCUT2D eigenvalue weighted by Crippen LogP contribution is 2.60. The molecule has 72 heteroatoms. The number of fused-ring (bicyclic) bond motifs is 2. The molecule has 16 rings (SSSR count). The van der Waals surface area contributed by atoms with Crippen LogP contribution in [-0.4, -0.2) is 234 Å². The van der Waals surface area contributed by atoms with Crippen LogP contribution in [0.4, 0.5) is 17.5 Å². The number of ether oxygens (including phenoxy) is 7. The van der Waals surface area contributed by atoms with Gasteiger partial charge in [-0.15, -0.1) is 0 Å². The molecule has 144 heavy (non-hydrogen) atoms. The van der Waals surface area contributed by atoms with Crippen molar-refractivity contribution in [2.75, 3.05) is 64.0 Å². The van der Waals surface area contributed by atoms with Crippen LogP contribution >= 0.6 is 59.4 Å². The number of H-pyrrole nitrogens is 4. The molecule has 7 fully saturated rings. The molecular weight excluding hydrogens is 2190 g/mol. The van der Waals surface area contributed by atoms with Gasteiger partial charge in [-0.05, 0) is 76.5 Å². The van der Waals surface area contributed by atoms with Gasteiger partial charge in [-0.25, -0.2) is 58.4 Å². The minimum Gasteiger partial charge on any atom is -0.780 e. The van der Waals surface area contributed by atoms with Gasteiger partial charge in [0.15, 0.2) is 22.9 Å². The third kappa shape index (κ3) is 25.9. The Kier molecular flexibility index (Phi) is 34.0. The Labute approximate surface area is 845 Å². The molecule has 0 aliphatic carbocycles. The number of aromatic nitrogens is 18. The number of thiol groups is 1. The van der Waals surface area contributed by atoms with E-state index in [9.17, 15) is 77.1 Å². The van der Waals surface area contributed by atoms with E-state index in [0.29, 0.717) is 23.1 Å². The summed E-state index contributed by atoms with van der Waals surface area (Å²) in [4.78, 5) is 234. The topological polar surface area (TPSA) is 760 Å². The zero-order valence-electron chi connectivity index (χ0n) is 76.0. The molecule has 58 nitrogen and oxygen atoms in total. The van der Waals surface area contributed by atoms with Crippen LogP contribution < -0.4 is 82.6 Å². The highest BCUT2D eigenvalue weighted by molar-refractivity contribution is 8.44. The molecule has 0 bridgehead atoms. The summed E-state index contributed by atoms with van der Waals surface area (Å²) in [6.07, 6.45) is -18.5. The van der Waals surface area contributed by atoms with E-state index < -0.39 is 292 Å². The Morgan fingerprint density at radius 3 is 0.979 bits per heavy atom. The van der Waals surface area contributed by atoms with Gasteiger partial charge < -0.3 is 134 Å². The van der Waals surface area contributed by atoms with Gasteiger partial charge in [-0.3, -0.25) is 80.1 Å². The average molecular weight is 2290 g/mol. The first-order valence-electron chi connectivity index (χ1n) is 43.3. The van der Waals surface area contributed by atoms with Crippen molar-refractivity contribution in [2.24, 2.45) is 0 Å². The Morgan fingerprint density at radius 1 is 0.382 bits per heavy atom. The molecule has 9 aromatic rings. The van der Waals surface area contributed by atoms with E-state index in [1.165, 1.54) is 70.0 Å². The number of hydrogen-bond donors (Lipinski definition) is 11. The lowest BCUT2D eigenvalue weighted by molar-refractivity contribution is -0.216. The zero-order valence-corrected chi connectivity index (χ0v) is 88.0. The second-order valence-corrected chi connectivity index (χ2v) is 53.2. The van der Waals surface area contributed by atoms with Gasteiger partial charge in [0.05, 0.1) is 95.0 Å².